The zero-order chi connectivity index (χ0) is 52.4. The van der Waals surface area contributed by atoms with Crippen LogP contribution in [0.3, 0.4) is 0 Å². The maximum Gasteiger partial charge on any atom is 0.0634 e. The second kappa shape index (κ2) is 21.3. The van der Waals surface area contributed by atoms with Gasteiger partial charge in [0.2, 0.25) is 0 Å². The molecule has 8 heteroatoms. The highest BCUT2D eigenvalue weighted by Gasteiger charge is 2.64. The second-order valence-corrected chi connectivity index (χ2v) is 29.6. The summed E-state index contributed by atoms with van der Waals surface area (Å²) in [5.41, 5.74) is 6.40. The molecule has 5 saturated heterocycles. The van der Waals surface area contributed by atoms with Crippen molar-refractivity contribution < 1.29 is 0 Å². The van der Waals surface area contributed by atoms with Crippen molar-refractivity contribution in [2.75, 3.05) is 0 Å². The average molecular weight is 1070 g/mol. The van der Waals surface area contributed by atoms with Crippen LogP contribution in [-0.2, 0) is 0 Å². The van der Waals surface area contributed by atoms with Crippen LogP contribution in [0, 0.1) is 94.7 Å². The van der Waals surface area contributed by atoms with Gasteiger partial charge in [-0.15, -0.1) is 0 Å². The first-order valence-electron chi connectivity index (χ1n) is 33.9. The van der Waals surface area contributed by atoms with E-state index in [1.165, 1.54) is 128 Å². The Labute approximate surface area is 479 Å². The molecule has 424 valence electrons. The van der Waals surface area contributed by atoms with Crippen LogP contribution in [0.15, 0.2) is 121 Å². The molecule has 13 aliphatic rings. The monoisotopic (exact) mass is 1070 g/mol. The zero-order valence-electron chi connectivity index (χ0n) is 47.9. The van der Waals surface area contributed by atoms with E-state index in [0.29, 0.717) is 71.0 Å². The van der Waals surface area contributed by atoms with Crippen LogP contribution in [0.1, 0.15) is 174 Å². The summed E-state index contributed by atoms with van der Waals surface area (Å²) in [5, 5.41) is 37.7. The lowest BCUT2D eigenvalue weighted by Gasteiger charge is -2.51. The third kappa shape index (κ3) is 8.60. The molecule has 5 aliphatic heterocycles. The van der Waals surface area contributed by atoms with Crippen LogP contribution < -0.4 is 42.5 Å². The lowest BCUT2D eigenvalue weighted by atomic mass is 9.55. The molecule has 8 nitrogen and oxygen atoms in total. The van der Waals surface area contributed by atoms with E-state index in [1.54, 1.807) is 22.3 Å². The van der Waals surface area contributed by atoms with Crippen molar-refractivity contribution >= 4 is 0 Å². The molecule has 8 N–H and O–H groups in total. The Morgan fingerprint density at radius 2 is 0.412 bits per heavy atom. The highest BCUT2D eigenvalue weighted by atomic mass is 15.4. The topological polar surface area (TPSA) is 96.2 Å². The molecule has 13 fully saturated rings. The molecule has 8 aliphatic carbocycles. The number of benzene rings is 4. The van der Waals surface area contributed by atoms with Gasteiger partial charge in [-0.05, 0) is 168 Å². The van der Waals surface area contributed by atoms with E-state index >= 15 is 0 Å². The first-order valence-corrected chi connectivity index (χ1v) is 33.9. The fraction of sp³-hybridized carbons (Fsp3) is 0.667. The molecule has 17 rings (SSSR count). The molecule has 5 heterocycles. The van der Waals surface area contributed by atoms with Crippen LogP contribution in [0.5, 0.6) is 0 Å². The SMILES string of the molecule is c1ccc(C2C3CCCCC3CC3C4NC(NC5NC(NC6NC(NC7NC(N4)C4C7CC7CCCCC7C4c4ccccc4)C4C6CC6CCCCC6C4c4ccccc4)C4C5CC5CCCCC5C4c4ccccc4)C32)cc1. The predicted molar refractivity (Wildman–Crippen MR) is 320 cm³/mol. The van der Waals surface area contributed by atoms with Crippen molar-refractivity contribution in [2.45, 2.75) is 201 Å². The molecule has 0 aromatic heterocycles. The smallest absolute Gasteiger partial charge is 0.0634 e. The minimum absolute atomic E-state index is 0.200. The molecule has 20 unspecified atom stereocenters. The standard InChI is InChI=1S/C72H96N8/c1-5-21-41(22-6-1)57-49-33-17-13-29-45(49)37-53-61(57)69-73-65(53)78-70-63-55(39-47-31-15-19-35-51(47)59(63)43-25-9-3-10-26-43)67(75-70)80-72-64-56(40-48-32-16-20-36-52(48)60(64)44-27-11-4-12-28-44)68(76-72)79-71-62-54(66(74-71)77-69)38-46-30-14-18-34-50(46)58(62)42-23-7-2-8-24-42/h1-12,21-28,45-80H,13-20,29-40H2. The number of fused-ring (bicyclic) bond motifs is 24. The molecule has 80 heavy (non-hydrogen) atoms. The number of hydrogen-bond acceptors (Lipinski definition) is 8. The van der Waals surface area contributed by atoms with Gasteiger partial charge >= 0.3 is 0 Å². The molecular formula is C72H96N8. The van der Waals surface area contributed by atoms with Crippen LogP contribution in [0.2, 0.25) is 0 Å². The van der Waals surface area contributed by atoms with Crippen LogP contribution in [-0.4, -0.2) is 49.3 Å². The Hall–Kier alpha value is -3.44. The minimum Gasteiger partial charge on any atom is -0.286 e. The summed E-state index contributed by atoms with van der Waals surface area (Å²) < 4.78 is 0. The van der Waals surface area contributed by atoms with E-state index in [4.69, 9.17) is 21.3 Å². The summed E-state index contributed by atoms with van der Waals surface area (Å²) in [5.74, 6) is 12.4. The number of hydrogen-bond donors (Lipinski definition) is 8. The van der Waals surface area contributed by atoms with E-state index in [9.17, 15) is 0 Å². The van der Waals surface area contributed by atoms with Gasteiger partial charge in [0.25, 0.3) is 0 Å². The van der Waals surface area contributed by atoms with Gasteiger partial charge in [0, 0.05) is 23.7 Å². The summed E-state index contributed by atoms with van der Waals surface area (Å²) in [6.45, 7) is 0. The van der Waals surface area contributed by atoms with Crippen LogP contribution in [0.25, 0.3) is 0 Å². The normalized spacial score (nSPS) is 49.1. The fourth-order valence-corrected chi connectivity index (χ4v) is 23.9. The highest BCUT2D eigenvalue weighted by molar-refractivity contribution is 5.32. The summed E-state index contributed by atoms with van der Waals surface area (Å²) in [6.07, 6.45) is 29.3. The summed E-state index contributed by atoms with van der Waals surface area (Å²) >= 11 is 0. The van der Waals surface area contributed by atoms with E-state index in [-0.39, 0.29) is 49.3 Å². The Morgan fingerprint density at radius 1 is 0.212 bits per heavy atom. The fourth-order valence-electron chi connectivity index (χ4n) is 23.9. The molecule has 4 aromatic rings. The van der Waals surface area contributed by atoms with E-state index in [1.807, 2.05) is 0 Å². The summed E-state index contributed by atoms with van der Waals surface area (Å²) in [6, 6.07) is 48.3. The van der Waals surface area contributed by atoms with Gasteiger partial charge in [0.15, 0.2) is 0 Å². The Balaban J connectivity index is 0.826. The highest BCUT2D eigenvalue weighted by Crippen LogP contribution is 2.62. The van der Waals surface area contributed by atoms with Crippen molar-refractivity contribution in [3.63, 3.8) is 0 Å². The zero-order valence-corrected chi connectivity index (χ0v) is 47.9. The largest absolute Gasteiger partial charge is 0.286 e. The van der Waals surface area contributed by atoms with Crippen molar-refractivity contribution in [3.8, 4) is 0 Å². The Bertz CT molecular complexity index is 2370. The second-order valence-electron chi connectivity index (χ2n) is 29.6. The summed E-state index contributed by atoms with van der Waals surface area (Å²) in [4.78, 5) is 0. The minimum atomic E-state index is 0.200. The Kier molecular flexibility index (Phi) is 13.6. The lowest BCUT2D eigenvalue weighted by Crippen LogP contribution is -2.62. The predicted octanol–water partition coefficient (Wildman–Crippen LogP) is 12.3. The van der Waals surface area contributed by atoms with Gasteiger partial charge in [0.1, 0.15) is 0 Å². The first-order chi connectivity index (χ1) is 39.7. The van der Waals surface area contributed by atoms with Crippen molar-refractivity contribution in [1.29, 1.82) is 0 Å². The average Bonchev–Trinajstić information content (AvgIpc) is 4.40. The molecule has 20 atom stereocenters. The summed E-state index contributed by atoms with van der Waals surface area (Å²) in [7, 11) is 0. The maximum absolute atomic E-state index is 4.76. The molecule has 8 saturated carbocycles. The van der Waals surface area contributed by atoms with E-state index < -0.39 is 0 Å². The third-order valence-electron chi connectivity index (χ3n) is 26.5. The van der Waals surface area contributed by atoms with Crippen LogP contribution in [0.4, 0.5) is 0 Å². The van der Waals surface area contributed by atoms with E-state index in [2.05, 4.69) is 143 Å². The molecular weight excluding hydrogens is 977 g/mol. The van der Waals surface area contributed by atoms with E-state index in [0.717, 1.165) is 47.3 Å². The third-order valence-corrected chi connectivity index (χ3v) is 26.5. The van der Waals surface area contributed by atoms with Crippen LogP contribution >= 0.6 is 0 Å². The number of rotatable bonds is 4. The Morgan fingerprint density at radius 3 is 0.625 bits per heavy atom. The van der Waals surface area contributed by atoms with Gasteiger partial charge < -0.3 is 0 Å². The number of nitrogens with one attached hydrogen (secondary N) is 8. The van der Waals surface area contributed by atoms with Crippen molar-refractivity contribution in [3.05, 3.63) is 144 Å². The molecule has 0 radical (unpaired) electrons. The van der Waals surface area contributed by atoms with Crippen molar-refractivity contribution in [1.82, 2.24) is 42.5 Å². The van der Waals surface area contributed by atoms with Crippen molar-refractivity contribution in [2.24, 2.45) is 94.7 Å². The quantitative estimate of drug-likeness (QED) is 0.102. The van der Waals surface area contributed by atoms with Gasteiger partial charge in [-0.1, -0.05) is 198 Å². The molecule has 8 bridgehead atoms. The molecule has 0 amide bonds. The van der Waals surface area contributed by atoms with Gasteiger partial charge in [-0.2, -0.15) is 0 Å². The molecule has 0 spiro atoms. The van der Waals surface area contributed by atoms with Gasteiger partial charge in [0.05, 0.1) is 49.3 Å². The molecule has 4 aromatic carbocycles. The van der Waals surface area contributed by atoms with Gasteiger partial charge in [-0.3, -0.25) is 42.5 Å². The first kappa shape index (κ1) is 51.0. The maximum atomic E-state index is 4.76. The van der Waals surface area contributed by atoms with Gasteiger partial charge in [-0.25, -0.2) is 0 Å². The lowest BCUT2D eigenvalue weighted by molar-refractivity contribution is 0.0241.